The third-order valence-corrected chi connectivity index (χ3v) is 5.10. The van der Waals surface area contributed by atoms with Crippen molar-refractivity contribution in [2.45, 2.75) is 13.5 Å². The van der Waals surface area contributed by atoms with Crippen LogP contribution in [0.15, 0.2) is 60.7 Å². The van der Waals surface area contributed by atoms with E-state index < -0.39 is 0 Å². The van der Waals surface area contributed by atoms with E-state index in [1.165, 1.54) is 12.1 Å². The lowest BCUT2D eigenvalue weighted by atomic mass is 10.2. The summed E-state index contributed by atoms with van der Waals surface area (Å²) in [7, 11) is 3.48. The Bertz CT molecular complexity index is 1280. The van der Waals surface area contributed by atoms with E-state index in [9.17, 15) is 9.18 Å². The van der Waals surface area contributed by atoms with Crippen molar-refractivity contribution in [3.05, 3.63) is 77.6 Å². The standard InChI is InChI=1S/C25H23FN2O4/c1-4-31-25(29)18-8-10-21-20(13-18)27-24(28(21)2)17-9-11-22(23(14-17)30-3)32-15-16-6-5-7-19(26)12-16/h5-14H,4,15H2,1-3H3. The maximum atomic E-state index is 13.4. The maximum Gasteiger partial charge on any atom is 0.338 e. The third kappa shape index (κ3) is 4.27. The Morgan fingerprint density at radius 1 is 1.06 bits per heavy atom. The quantitative estimate of drug-likeness (QED) is 0.377. The molecule has 0 aliphatic heterocycles. The van der Waals surface area contributed by atoms with Gasteiger partial charge in [-0.15, -0.1) is 0 Å². The van der Waals surface area contributed by atoms with Crippen LogP contribution in [0.5, 0.6) is 11.5 Å². The van der Waals surface area contributed by atoms with Crippen molar-refractivity contribution in [3.8, 4) is 22.9 Å². The minimum Gasteiger partial charge on any atom is -0.493 e. The van der Waals surface area contributed by atoms with E-state index in [-0.39, 0.29) is 18.4 Å². The highest BCUT2D eigenvalue weighted by molar-refractivity contribution is 5.94. The van der Waals surface area contributed by atoms with E-state index >= 15 is 0 Å². The molecule has 0 saturated heterocycles. The number of aryl methyl sites for hydroxylation is 1. The first-order valence-electron chi connectivity index (χ1n) is 10.2. The molecule has 32 heavy (non-hydrogen) atoms. The zero-order valence-corrected chi connectivity index (χ0v) is 18.1. The van der Waals surface area contributed by atoms with Crippen LogP contribution in [-0.2, 0) is 18.4 Å². The molecule has 4 rings (SSSR count). The number of hydrogen-bond acceptors (Lipinski definition) is 5. The average molecular weight is 434 g/mol. The lowest BCUT2D eigenvalue weighted by molar-refractivity contribution is 0.0526. The minimum atomic E-state index is -0.372. The predicted octanol–water partition coefficient (Wildman–Crippen LogP) is 5.14. The number of methoxy groups -OCH3 is 1. The summed E-state index contributed by atoms with van der Waals surface area (Å²) in [5, 5.41) is 0. The number of benzene rings is 3. The molecule has 7 heteroatoms. The molecule has 4 aromatic rings. The van der Waals surface area contributed by atoms with Gasteiger partial charge >= 0.3 is 5.97 Å². The number of carbonyl (C=O) groups is 1. The van der Waals surface area contributed by atoms with Gasteiger partial charge in [-0.3, -0.25) is 0 Å². The molecule has 164 valence electrons. The van der Waals surface area contributed by atoms with E-state index in [2.05, 4.69) is 0 Å². The topological polar surface area (TPSA) is 62.6 Å². The summed E-state index contributed by atoms with van der Waals surface area (Å²) in [4.78, 5) is 16.8. The van der Waals surface area contributed by atoms with E-state index in [0.29, 0.717) is 29.2 Å². The molecule has 6 nitrogen and oxygen atoms in total. The van der Waals surface area contributed by atoms with E-state index in [0.717, 1.165) is 22.5 Å². The van der Waals surface area contributed by atoms with Gasteiger partial charge in [0, 0.05) is 12.6 Å². The second-order valence-corrected chi connectivity index (χ2v) is 7.20. The summed E-state index contributed by atoms with van der Waals surface area (Å²) in [6.07, 6.45) is 0. The summed E-state index contributed by atoms with van der Waals surface area (Å²) in [6, 6.07) is 17.1. The summed E-state index contributed by atoms with van der Waals surface area (Å²) >= 11 is 0. The number of halogens is 1. The Morgan fingerprint density at radius 3 is 2.66 bits per heavy atom. The van der Waals surface area contributed by atoms with Gasteiger partial charge in [0.2, 0.25) is 0 Å². The Morgan fingerprint density at radius 2 is 1.91 bits per heavy atom. The minimum absolute atomic E-state index is 0.219. The number of esters is 1. The number of nitrogens with zero attached hydrogens (tertiary/aromatic N) is 2. The maximum absolute atomic E-state index is 13.4. The molecular formula is C25H23FN2O4. The fraction of sp³-hybridized carbons (Fsp3) is 0.200. The summed E-state index contributed by atoms with van der Waals surface area (Å²) in [5.41, 5.74) is 3.60. The highest BCUT2D eigenvalue weighted by Gasteiger charge is 2.15. The molecule has 0 aliphatic carbocycles. The Balaban J connectivity index is 1.63. The molecule has 3 aromatic carbocycles. The number of aromatic nitrogens is 2. The van der Waals surface area contributed by atoms with Gasteiger partial charge in [0.05, 0.1) is 30.3 Å². The van der Waals surface area contributed by atoms with E-state index in [1.807, 2.05) is 29.8 Å². The van der Waals surface area contributed by atoms with Crippen molar-refractivity contribution in [2.24, 2.45) is 7.05 Å². The first-order chi connectivity index (χ1) is 15.5. The Hall–Kier alpha value is -3.87. The lowest BCUT2D eigenvalue weighted by Crippen LogP contribution is -2.04. The monoisotopic (exact) mass is 434 g/mol. The molecule has 0 N–H and O–H groups in total. The number of carbonyl (C=O) groups excluding carboxylic acids is 1. The molecule has 0 saturated carbocycles. The molecule has 0 bridgehead atoms. The Labute approximate surface area is 185 Å². The van der Waals surface area contributed by atoms with Gasteiger partial charge in [-0.25, -0.2) is 14.2 Å². The van der Waals surface area contributed by atoms with Crippen LogP contribution in [0.3, 0.4) is 0 Å². The van der Waals surface area contributed by atoms with Crippen LogP contribution >= 0.6 is 0 Å². The second kappa shape index (κ2) is 9.09. The molecule has 0 spiro atoms. The van der Waals surface area contributed by atoms with Crippen molar-refractivity contribution < 1.29 is 23.4 Å². The zero-order valence-electron chi connectivity index (χ0n) is 18.1. The molecule has 0 radical (unpaired) electrons. The SMILES string of the molecule is CCOC(=O)c1ccc2c(c1)nc(-c1ccc(OCc3cccc(F)c3)c(OC)c1)n2C. The van der Waals surface area contributed by atoms with Crippen LogP contribution in [0, 0.1) is 5.82 Å². The van der Waals surface area contributed by atoms with Crippen molar-refractivity contribution >= 4 is 17.0 Å². The number of rotatable bonds is 7. The molecular weight excluding hydrogens is 411 g/mol. The van der Waals surface area contributed by atoms with Gasteiger partial charge in [0.15, 0.2) is 11.5 Å². The molecule has 0 amide bonds. The van der Waals surface area contributed by atoms with Gasteiger partial charge < -0.3 is 18.8 Å². The highest BCUT2D eigenvalue weighted by Crippen LogP contribution is 2.34. The van der Waals surface area contributed by atoms with E-state index in [4.69, 9.17) is 19.2 Å². The first-order valence-corrected chi connectivity index (χ1v) is 10.2. The van der Waals surface area contributed by atoms with E-state index in [1.54, 1.807) is 44.4 Å². The van der Waals surface area contributed by atoms with Crippen LogP contribution in [0.1, 0.15) is 22.8 Å². The highest BCUT2D eigenvalue weighted by atomic mass is 19.1. The van der Waals surface area contributed by atoms with Crippen LogP contribution in [0.2, 0.25) is 0 Å². The molecule has 0 unspecified atom stereocenters. The van der Waals surface area contributed by atoms with Crippen molar-refractivity contribution in [1.29, 1.82) is 0 Å². The second-order valence-electron chi connectivity index (χ2n) is 7.20. The summed E-state index contributed by atoms with van der Waals surface area (Å²) in [6.45, 7) is 2.31. The molecule has 1 heterocycles. The molecule has 0 atom stereocenters. The van der Waals surface area contributed by atoms with Gasteiger partial charge in [-0.1, -0.05) is 12.1 Å². The lowest BCUT2D eigenvalue weighted by Gasteiger charge is -2.12. The zero-order chi connectivity index (χ0) is 22.7. The Kier molecular flexibility index (Phi) is 6.07. The average Bonchev–Trinajstić information content (AvgIpc) is 3.13. The smallest absolute Gasteiger partial charge is 0.338 e. The summed E-state index contributed by atoms with van der Waals surface area (Å²) < 4.78 is 31.8. The van der Waals surface area contributed by atoms with Gasteiger partial charge in [-0.2, -0.15) is 0 Å². The number of imidazole rings is 1. The van der Waals surface area contributed by atoms with Gasteiger partial charge in [0.1, 0.15) is 18.2 Å². The van der Waals surface area contributed by atoms with Crippen LogP contribution in [-0.4, -0.2) is 29.2 Å². The summed E-state index contributed by atoms with van der Waals surface area (Å²) in [5.74, 6) is 1.13. The van der Waals surface area contributed by atoms with Crippen LogP contribution in [0.25, 0.3) is 22.4 Å². The fourth-order valence-corrected chi connectivity index (χ4v) is 3.51. The number of ether oxygens (including phenoxy) is 3. The van der Waals surface area contributed by atoms with Crippen molar-refractivity contribution in [2.75, 3.05) is 13.7 Å². The third-order valence-electron chi connectivity index (χ3n) is 5.10. The molecule has 0 fully saturated rings. The van der Waals surface area contributed by atoms with Gasteiger partial charge in [-0.05, 0) is 61.0 Å². The predicted molar refractivity (Wildman–Crippen MR) is 119 cm³/mol. The van der Waals surface area contributed by atoms with Crippen LogP contribution < -0.4 is 9.47 Å². The molecule has 0 aliphatic rings. The largest absolute Gasteiger partial charge is 0.493 e. The number of hydrogen-bond donors (Lipinski definition) is 0. The molecule has 1 aromatic heterocycles. The van der Waals surface area contributed by atoms with Crippen molar-refractivity contribution in [1.82, 2.24) is 9.55 Å². The van der Waals surface area contributed by atoms with Crippen LogP contribution in [0.4, 0.5) is 4.39 Å². The van der Waals surface area contributed by atoms with Gasteiger partial charge in [0.25, 0.3) is 0 Å². The normalized spacial score (nSPS) is 10.9. The first kappa shape index (κ1) is 21.4. The van der Waals surface area contributed by atoms with Crippen molar-refractivity contribution in [3.63, 3.8) is 0 Å². The number of fused-ring (bicyclic) bond motifs is 1. The fourth-order valence-electron chi connectivity index (χ4n) is 3.51.